The van der Waals surface area contributed by atoms with Gasteiger partial charge in [0, 0.05) is 5.56 Å². The van der Waals surface area contributed by atoms with E-state index in [1.165, 1.54) is 12.1 Å². The molecule has 0 aromatic heterocycles. The van der Waals surface area contributed by atoms with Gasteiger partial charge >= 0.3 is 5.97 Å². The normalized spacial score (nSPS) is 15.8. The third-order valence-electron chi connectivity index (χ3n) is 3.15. The Kier molecular flexibility index (Phi) is 3.07. The molecule has 2 aromatic rings. The van der Waals surface area contributed by atoms with E-state index in [0.717, 1.165) is 17.2 Å². The molecule has 0 saturated heterocycles. The Bertz CT molecular complexity index is 733. The maximum Gasteiger partial charge on any atom is 0.344 e. The maximum absolute atomic E-state index is 13.2. The van der Waals surface area contributed by atoms with Gasteiger partial charge in [0.05, 0.1) is 10.6 Å². The molecular formula is C16H10ClFO2. The molecule has 2 nitrogen and oxygen atoms in total. The monoisotopic (exact) mass is 288 g/mol. The van der Waals surface area contributed by atoms with Gasteiger partial charge in [0.2, 0.25) is 0 Å². The minimum atomic E-state index is -0.584. The van der Waals surface area contributed by atoms with E-state index in [1.807, 2.05) is 31.2 Å². The van der Waals surface area contributed by atoms with Gasteiger partial charge in [-0.15, -0.1) is 0 Å². The Balaban J connectivity index is 2.14. The molecule has 3 rings (SSSR count). The Labute approximate surface area is 120 Å². The van der Waals surface area contributed by atoms with Crippen molar-refractivity contribution in [3.05, 3.63) is 70.5 Å². The summed E-state index contributed by atoms with van der Waals surface area (Å²) < 4.78 is 18.3. The van der Waals surface area contributed by atoms with Crippen LogP contribution in [-0.4, -0.2) is 5.97 Å². The van der Waals surface area contributed by atoms with Crippen molar-refractivity contribution in [2.24, 2.45) is 0 Å². The number of halogens is 2. The minimum absolute atomic E-state index is 0.199. The summed E-state index contributed by atoms with van der Waals surface area (Å²) >= 11 is 6.31. The summed E-state index contributed by atoms with van der Waals surface area (Å²) in [5, 5.41) is 0.337. The van der Waals surface area contributed by atoms with Crippen molar-refractivity contribution in [1.82, 2.24) is 0 Å². The number of fused-ring (bicyclic) bond motifs is 1. The van der Waals surface area contributed by atoms with Gasteiger partial charge in [-0.1, -0.05) is 41.4 Å². The van der Waals surface area contributed by atoms with Gasteiger partial charge in [-0.25, -0.2) is 9.18 Å². The number of cyclic esters (lactones) is 1. The lowest BCUT2D eigenvalue weighted by Crippen LogP contribution is -1.93. The van der Waals surface area contributed by atoms with E-state index in [-0.39, 0.29) is 11.3 Å². The van der Waals surface area contributed by atoms with Gasteiger partial charge in [0.15, 0.2) is 5.76 Å². The Morgan fingerprint density at radius 3 is 2.50 bits per heavy atom. The molecule has 1 aliphatic rings. The Hall–Kier alpha value is -2.13. The number of carbonyl (C=O) groups is 1. The zero-order valence-electron chi connectivity index (χ0n) is 10.6. The van der Waals surface area contributed by atoms with Crippen molar-refractivity contribution < 1.29 is 13.9 Å². The van der Waals surface area contributed by atoms with Crippen LogP contribution in [0.25, 0.3) is 10.8 Å². The number of hydrogen-bond acceptors (Lipinski definition) is 2. The number of carbonyl (C=O) groups excluding carboxylic acids is 1. The number of aryl methyl sites for hydroxylation is 1. The highest BCUT2D eigenvalue weighted by Crippen LogP contribution is 2.37. The average Bonchev–Trinajstić information content (AvgIpc) is 2.76. The third kappa shape index (κ3) is 2.10. The van der Waals surface area contributed by atoms with Crippen molar-refractivity contribution >= 4 is 28.4 Å². The van der Waals surface area contributed by atoms with Crippen LogP contribution in [0.1, 0.15) is 27.0 Å². The molecule has 20 heavy (non-hydrogen) atoms. The number of hydrogen-bond donors (Lipinski definition) is 0. The topological polar surface area (TPSA) is 26.3 Å². The van der Waals surface area contributed by atoms with Crippen LogP contribution in [0.4, 0.5) is 4.39 Å². The highest BCUT2D eigenvalue weighted by Gasteiger charge is 2.29. The average molecular weight is 289 g/mol. The SMILES string of the molecule is Cc1ccc(/C(Cl)=C2\OC(=O)c3cc(F)ccc32)cc1. The van der Waals surface area contributed by atoms with Crippen LogP contribution < -0.4 is 0 Å². The smallest absolute Gasteiger partial charge is 0.344 e. The molecule has 0 radical (unpaired) electrons. The van der Waals surface area contributed by atoms with Crippen LogP contribution >= 0.6 is 11.6 Å². The fourth-order valence-electron chi connectivity index (χ4n) is 2.08. The van der Waals surface area contributed by atoms with E-state index in [1.54, 1.807) is 0 Å². The molecular weight excluding hydrogens is 279 g/mol. The molecule has 0 aliphatic carbocycles. The lowest BCUT2D eigenvalue weighted by molar-refractivity contribution is 0.0716. The largest absolute Gasteiger partial charge is 0.421 e. The molecule has 1 aliphatic heterocycles. The van der Waals surface area contributed by atoms with Gasteiger partial charge in [-0.3, -0.25) is 0 Å². The zero-order valence-corrected chi connectivity index (χ0v) is 11.4. The van der Waals surface area contributed by atoms with E-state index in [9.17, 15) is 9.18 Å². The Morgan fingerprint density at radius 1 is 1.10 bits per heavy atom. The number of rotatable bonds is 1. The van der Waals surface area contributed by atoms with Gasteiger partial charge in [0.1, 0.15) is 5.82 Å². The van der Waals surface area contributed by atoms with E-state index in [4.69, 9.17) is 16.3 Å². The first-order valence-corrected chi connectivity index (χ1v) is 6.43. The highest BCUT2D eigenvalue weighted by atomic mass is 35.5. The Morgan fingerprint density at radius 2 is 1.80 bits per heavy atom. The highest BCUT2D eigenvalue weighted by molar-refractivity contribution is 6.52. The summed E-state index contributed by atoms with van der Waals surface area (Å²) in [5.74, 6) is -0.788. The van der Waals surface area contributed by atoms with Crippen LogP contribution in [0.5, 0.6) is 0 Å². The zero-order chi connectivity index (χ0) is 14.3. The first kappa shape index (κ1) is 12.9. The molecule has 0 saturated carbocycles. The first-order chi connectivity index (χ1) is 9.56. The second-order valence-corrected chi connectivity index (χ2v) is 4.97. The predicted octanol–water partition coefficient (Wildman–Crippen LogP) is 4.37. The minimum Gasteiger partial charge on any atom is -0.421 e. The second kappa shape index (κ2) is 4.76. The summed E-state index contributed by atoms with van der Waals surface area (Å²) in [5.41, 5.74) is 2.57. The van der Waals surface area contributed by atoms with Crippen LogP contribution in [0.3, 0.4) is 0 Å². The fourth-order valence-corrected chi connectivity index (χ4v) is 2.35. The fraction of sp³-hybridized carbons (Fsp3) is 0.0625. The van der Waals surface area contributed by atoms with Crippen molar-refractivity contribution in [1.29, 1.82) is 0 Å². The van der Waals surface area contributed by atoms with E-state index in [0.29, 0.717) is 10.6 Å². The third-order valence-corrected chi connectivity index (χ3v) is 3.54. The lowest BCUT2D eigenvalue weighted by Gasteiger charge is -2.05. The van der Waals surface area contributed by atoms with Crippen LogP contribution in [0.2, 0.25) is 0 Å². The molecule has 2 aromatic carbocycles. The molecule has 100 valence electrons. The van der Waals surface area contributed by atoms with E-state index < -0.39 is 11.8 Å². The summed E-state index contributed by atoms with van der Waals surface area (Å²) in [6.07, 6.45) is 0. The van der Waals surface area contributed by atoms with Crippen LogP contribution in [-0.2, 0) is 4.74 Å². The van der Waals surface area contributed by atoms with Gasteiger partial charge in [0.25, 0.3) is 0 Å². The number of esters is 1. The second-order valence-electron chi connectivity index (χ2n) is 4.59. The summed E-state index contributed by atoms with van der Waals surface area (Å²) in [7, 11) is 0. The molecule has 0 spiro atoms. The van der Waals surface area contributed by atoms with E-state index >= 15 is 0 Å². The summed E-state index contributed by atoms with van der Waals surface area (Å²) in [6.45, 7) is 1.97. The van der Waals surface area contributed by atoms with Crippen LogP contribution in [0.15, 0.2) is 42.5 Å². The molecule has 0 atom stereocenters. The molecule has 0 unspecified atom stereocenters. The van der Waals surface area contributed by atoms with Crippen molar-refractivity contribution in [3.63, 3.8) is 0 Å². The molecule has 0 fully saturated rings. The lowest BCUT2D eigenvalue weighted by atomic mass is 10.1. The molecule has 4 heteroatoms. The summed E-state index contributed by atoms with van der Waals surface area (Å²) in [4.78, 5) is 11.7. The molecule has 0 amide bonds. The molecule has 0 bridgehead atoms. The van der Waals surface area contributed by atoms with E-state index in [2.05, 4.69) is 0 Å². The van der Waals surface area contributed by atoms with Crippen molar-refractivity contribution in [3.8, 4) is 0 Å². The quantitative estimate of drug-likeness (QED) is 0.728. The molecule has 1 heterocycles. The van der Waals surface area contributed by atoms with Crippen molar-refractivity contribution in [2.75, 3.05) is 0 Å². The first-order valence-electron chi connectivity index (χ1n) is 6.05. The predicted molar refractivity (Wildman–Crippen MR) is 75.7 cm³/mol. The maximum atomic E-state index is 13.2. The summed E-state index contributed by atoms with van der Waals surface area (Å²) in [6, 6.07) is 11.5. The van der Waals surface area contributed by atoms with Gasteiger partial charge in [-0.05, 0) is 30.7 Å². The number of benzene rings is 2. The van der Waals surface area contributed by atoms with Crippen molar-refractivity contribution in [2.45, 2.75) is 6.92 Å². The van der Waals surface area contributed by atoms with Crippen LogP contribution in [0, 0.1) is 12.7 Å². The van der Waals surface area contributed by atoms with Gasteiger partial charge in [-0.2, -0.15) is 0 Å². The molecule has 0 N–H and O–H groups in total. The standard InChI is InChI=1S/C16H10ClFO2/c1-9-2-4-10(5-3-9)14(17)15-12-7-6-11(18)8-13(12)16(19)20-15/h2-8H,1H3/b15-14+. The van der Waals surface area contributed by atoms with Gasteiger partial charge < -0.3 is 4.74 Å². The number of ether oxygens (including phenoxy) is 1.